The molecule has 2 heterocycles. The van der Waals surface area contributed by atoms with E-state index in [1.54, 1.807) is 6.07 Å². The lowest BCUT2D eigenvalue weighted by molar-refractivity contribution is -0.383. The van der Waals surface area contributed by atoms with E-state index < -0.39 is 4.92 Å². The summed E-state index contributed by atoms with van der Waals surface area (Å²) in [6.45, 7) is 7.19. The molecule has 1 aromatic carbocycles. The Hall–Kier alpha value is -1.57. The van der Waals surface area contributed by atoms with Crippen LogP contribution in [0.5, 0.6) is 0 Å². The zero-order valence-electron chi connectivity index (χ0n) is 12.8. The highest BCUT2D eigenvalue weighted by molar-refractivity contribution is 6.44. The zero-order chi connectivity index (χ0) is 16.7. The average Bonchev–Trinajstić information content (AvgIpc) is 2.85. The van der Waals surface area contributed by atoms with Crippen molar-refractivity contribution in [2.45, 2.75) is 26.4 Å². The number of nitro groups is 1. The summed E-state index contributed by atoms with van der Waals surface area (Å²) in [6, 6.07) is 1.90. The quantitative estimate of drug-likeness (QED) is 0.674. The minimum atomic E-state index is -0.519. The molecule has 7 nitrogen and oxygen atoms in total. The van der Waals surface area contributed by atoms with Crippen molar-refractivity contribution in [2.24, 2.45) is 0 Å². The van der Waals surface area contributed by atoms with E-state index >= 15 is 0 Å². The molecule has 23 heavy (non-hydrogen) atoms. The molecule has 0 unspecified atom stereocenters. The molecule has 0 amide bonds. The van der Waals surface area contributed by atoms with Crippen molar-refractivity contribution < 1.29 is 4.92 Å². The van der Waals surface area contributed by atoms with Crippen LogP contribution in [0.1, 0.15) is 13.8 Å². The highest BCUT2D eigenvalue weighted by Crippen LogP contribution is 2.40. The van der Waals surface area contributed by atoms with Gasteiger partial charge in [0, 0.05) is 32.2 Å². The third-order valence-corrected chi connectivity index (χ3v) is 4.93. The van der Waals surface area contributed by atoms with Gasteiger partial charge in [-0.25, -0.2) is 4.98 Å². The van der Waals surface area contributed by atoms with Gasteiger partial charge in [0.2, 0.25) is 5.95 Å². The predicted molar refractivity (Wildman–Crippen MR) is 91.8 cm³/mol. The molecule has 0 aliphatic carbocycles. The average molecular weight is 358 g/mol. The molecular weight excluding hydrogens is 341 g/mol. The van der Waals surface area contributed by atoms with Crippen LogP contribution >= 0.6 is 23.2 Å². The highest BCUT2D eigenvalue weighted by Gasteiger charge is 2.29. The van der Waals surface area contributed by atoms with Gasteiger partial charge in [-0.3, -0.25) is 10.1 Å². The summed E-state index contributed by atoms with van der Waals surface area (Å²) in [7, 11) is 0. The van der Waals surface area contributed by atoms with Gasteiger partial charge in [0.1, 0.15) is 5.02 Å². The minimum Gasteiger partial charge on any atom is -0.337 e. The fourth-order valence-corrected chi connectivity index (χ4v) is 3.42. The first-order valence-corrected chi connectivity index (χ1v) is 8.21. The molecule has 1 aromatic heterocycles. The van der Waals surface area contributed by atoms with Gasteiger partial charge in [0.05, 0.1) is 15.5 Å². The van der Waals surface area contributed by atoms with Crippen LogP contribution in [0.3, 0.4) is 0 Å². The van der Waals surface area contributed by atoms with Crippen molar-refractivity contribution in [3.63, 3.8) is 0 Å². The van der Waals surface area contributed by atoms with E-state index in [9.17, 15) is 10.1 Å². The topological polar surface area (TPSA) is 76.2 Å². The number of aromatic nitrogens is 2. The molecule has 0 spiro atoms. The molecule has 0 radical (unpaired) electrons. The van der Waals surface area contributed by atoms with Crippen molar-refractivity contribution in [1.82, 2.24) is 14.9 Å². The smallest absolute Gasteiger partial charge is 0.317 e. The number of hydrogen-bond donors (Lipinski definition) is 1. The molecule has 1 fully saturated rings. The Balaban J connectivity index is 2.28. The second kappa shape index (κ2) is 6.14. The summed E-state index contributed by atoms with van der Waals surface area (Å²) < 4.78 is 1.95. The Morgan fingerprint density at radius 1 is 1.52 bits per heavy atom. The standard InChI is InChI=1S/C14H17Cl2N5O2/c1-3-19-10-6-9(15)11(16)13(21(22)23)12(10)18-14(19)20-5-4-17-7-8(20)2/h6,8,17H,3-5,7H2,1-2H3/t8-/m0/s1. The normalized spacial score (nSPS) is 18.6. The number of imidazole rings is 1. The summed E-state index contributed by atoms with van der Waals surface area (Å²) >= 11 is 12.1. The number of nitro benzene ring substituents is 1. The Morgan fingerprint density at radius 2 is 2.26 bits per heavy atom. The van der Waals surface area contributed by atoms with Crippen LogP contribution < -0.4 is 10.2 Å². The molecular formula is C14H17Cl2N5O2. The Bertz CT molecular complexity index is 776. The molecule has 2 aromatic rings. The van der Waals surface area contributed by atoms with Crippen LogP contribution in [0, 0.1) is 10.1 Å². The molecule has 0 bridgehead atoms. The fourth-order valence-electron chi connectivity index (χ4n) is 3.01. The molecule has 9 heteroatoms. The number of nitrogens with zero attached hydrogens (tertiary/aromatic N) is 4. The maximum absolute atomic E-state index is 11.4. The second-order valence-electron chi connectivity index (χ2n) is 5.55. The van der Waals surface area contributed by atoms with Gasteiger partial charge in [-0.2, -0.15) is 0 Å². The fraction of sp³-hybridized carbons (Fsp3) is 0.500. The summed E-state index contributed by atoms with van der Waals surface area (Å²) in [4.78, 5) is 17.6. The van der Waals surface area contributed by atoms with E-state index in [-0.39, 0.29) is 27.3 Å². The number of fused-ring (bicyclic) bond motifs is 1. The summed E-state index contributed by atoms with van der Waals surface area (Å²) in [5.41, 5.74) is 0.687. The molecule has 1 aliphatic heterocycles. The van der Waals surface area contributed by atoms with E-state index in [4.69, 9.17) is 23.2 Å². The Labute approximate surface area is 143 Å². The van der Waals surface area contributed by atoms with Crippen LogP contribution in [0.4, 0.5) is 11.6 Å². The largest absolute Gasteiger partial charge is 0.337 e. The molecule has 1 aliphatic rings. The monoisotopic (exact) mass is 357 g/mol. The van der Waals surface area contributed by atoms with E-state index in [0.29, 0.717) is 12.1 Å². The maximum atomic E-state index is 11.4. The van der Waals surface area contributed by atoms with E-state index in [1.807, 2.05) is 11.5 Å². The second-order valence-corrected chi connectivity index (χ2v) is 6.33. The molecule has 124 valence electrons. The van der Waals surface area contributed by atoms with Gasteiger partial charge in [0.25, 0.3) is 0 Å². The van der Waals surface area contributed by atoms with Gasteiger partial charge in [-0.15, -0.1) is 0 Å². The third kappa shape index (κ3) is 2.62. The van der Waals surface area contributed by atoms with Crippen molar-refractivity contribution in [1.29, 1.82) is 0 Å². The van der Waals surface area contributed by atoms with E-state index in [1.165, 1.54) is 0 Å². The van der Waals surface area contributed by atoms with Crippen LogP contribution in [0.25, 0.3) is 11.0 Å². The van der Waals surface area contributed by atoms with Crippen LogP contribution in [-0.4, -0.2) is 40.2 Å². The SMILES string of the molecule is CCn1c(N2CCNC[C@@H]2C)nc2c([N+](=O)[O-])c(Cl)c(Cl)cc21. The first-order chi connectivity index (χ1) is 11.0. The van der Waals surface area contributed by atoms with Gasteiger partial charge in [-0.05, 0) is 19.9 Å². The number of rotatable bonds is 3. The first kappa shape index (κ1) is 16.3. The molecule has 1 atom stereocenters. The lowest BCUT2D eigenvalue weighted by Crippen LogP contribution is -2.50. The summed E-state index contributed by atoms with van der Waals surface area (Å²) in [6.07, 6.45) is 0. The van der Waals surface area contributed by atoms with Crippen molar-refractivity contribution >= 4 is 45.9 Å². The van der Waals surface area contributed by atoms with Gasteiger partial charge in [0.15, 0.2) is 5.52 Å². The number of anilines is 1. The molecule has 3 rings (SSSR count). The number of hydrogen-bond acceptors (Lipinski definition) is 5. The Kier molecular flexibility index (Phi) is 4.35. The van der Waals surface area contributed by atoms with Crippen molar-refractivity contribution in [3.8, 4) is 0 Å². The lowest BCUT2D eigenvalue weighted by Gasteiger charge is -2.34. The van der Waals surface area contributed by atoms with Gasteiger partial charge >= 0.3 is 5.69 Å². The summed E-state index contributed by atoms with van der Waals surface area (Å²) in [5, 5.41) is 14.9. The van der Waals surface area contributed by atoms with Crippen molar-refractivity contribution in [3.05, 3.63) is 26.2 Å². The number of nitrogens with one attached hydrogen (secondary N) is 1. The van der Waals surface area contributed by atoms with Crippen LogP contribution in [-0.2, 0) is 6.54 Å². The van der Waals surface area contributed by atoms with Gasteiger partial charge in [-0.1, -0.05) is 23.2 Å². The third-order valence-electron chi connectivity index (χ3n) is 4.15. The summed E-state index contributed by atoms with van der Waals surface area (Å²) in [5.74, 6) is 0.720. The van der Waals surface area contributed by atoms with Gasteiger partial charge < -0.3 is 14.8 Å². The molecule has 0 saturated carbocycles. The zero-order valence-corrected chi connectivity index (χ0v) is 14.4. The Morgan fingerprint density at radius 3 is 2.87 bits per heavy atom. The molecule has 1 N–H and O–H groups in total. The lowest BCUT2D eigenvalue weighted by atomic mass is 10.2. The highest BCUT2D eigenvalue weighted by atomic mass is 35.5. The van der Waals surface area contributed by atoms with Crippen LogP contribution in [0.15, 0.2) is 6.07 Å². The van der Waals surface area contributed by atoms with E-state index in [0.717, 1.165) is 25.6 Å². The molecule has 1 saturated heterocycles. The number of halogens is 2. The first-order valence-electron chi connectivity index (χ1n) is 7.45. The van der Waals surface area contributed by atoms with Crippen LogP contribution in [0.2, 0.25) is 10.0 Å². The predicted octanol–water partition coefficient (Wildman–Crippen LogP) is 3.07. The maximum Gasteiger partial charge on any atom is 0.317 e. The number of piperazine rings is 1. The van der Waals surface area contributed by atoms with Crippen molar-refractivity contribution in [2.75, 3.05) is 24.5 Å². The minimum absolute atomic E-state index is 0.0650. The number of benzene rings is 1. The number of aryl methyl sites for hydroxylation is 1. The van der Waals surface area contributed by atoms with E-state index in [2.05, 4.69) is 22.1 Å².